The normalized spacial score (nSPS) is 10.6. The molecule has 148 heavy (non-hydrogen) atoms. The van der Waals surface area contributed by atoms with Crippen molar-refractivity contribution in [3.63, 3.8) is 0 Å². The summed E-state index contributed by atoms with van der Waals surface area (Å²) in [5.41, 5.74) is 34.0. The van der Waals surface area contributed by atoms with Crippen molar-refractivity contribution in [2.45, 2.75) is 40.7 Å². The van der Waals surface area contributed by atoms with E-state index in [1.54, 1.807) is 18.6 Å². The molecule has 9 nitrogen and oxygen atoms in total. The minimum absolute atomic E-state index is 0. The van der Waals surface area contributed by atoms with E-state index in [4.69, 9.17) is 0 Å². The number of benzene rings is 15. The van der Waals surface area contributed by atoms with Crippen LogP contribution in [-0.2, 0) is 93.4 Å². The molecule has 0 spiro atoms. The zero-order chi connectivity index (χ0) is 98.6. The Kier molecular flexibility index (Phi) is 45.2. The Bertz CT molecular complexity index is 7180. The van der Waals surface area contributed by atoms with Crippen LogP contribution in [0.1, 0.15) is 36.2 Å². The third-order valence-corrected chi connectivity index (χ3v) is 23.1. The molecule has 0 saturated heterocycles. The van der Waals surface area contributed by atoms with Gasteiger partial charge in [0.05, 0.1) is 5.56 Å². The summed E-state index contributed by atoms with van der Waals surface area (Å²) in [5, 5.41) is 0. The standard InChI is InChI=1S/3C18H14N.C18H12.C15H12N2.C15H16N.3C11H8N.4Ir/c1-2-6-14(7-3-1)15-9-10-16-13-19-11-5-4-8-18(19)17(16)12-15;1-14-12-18(16-10-6-3-7-11-16)19-13-17(14)15-8-4-2-5-9-15;1-14-7-5-6-10-17(14)16-11-12-18(19-13-16)15-8-3-2-4-9-15;1-3-8-15(9-4-1)17-12-7-13-18(14-17)16-10-5-2-6-11-16;1-3-7-14(8-4-1)16-11-12-17(13-16)15-9-5-2-6-10-15;1-12(2)11-14-9-6-10-15(16-14)13-7-4-3-5-8-13;3*1-2-6-10(7-3-1)11-8-4-5-9-12-11;;;;/h1-12H,13H2;2-10,12-13H,1H3;2-8,10-13H,1H3;1-10,12,14H;1-9,11-13H;3-7,9-10,12H,11H2,1-2H3;3*1-6,8-9H;;;;/q+1;2*-1;2*-2;4*-1;;;2*+3. The number of para-hydroxylation sites is 2. The van der Waals surface area contributed by atoms with Crippen molar-refractivity contribution >= 4 is 11.4 Å². The van der Waals surface area contributed by atoms with Gasteiger partial charge in [-0.05, 0) is 166 Å². The van der Waals surface area contributed by atoms with Crippen LogP contribution in [0.5, 0.6) is 0 Å². The maximum Gasteiger partial charge on any atom is 3.00 e. The summed E-state index contributed by atoms with van der Waals surface area (Å²) in [5.74, 6) is 0.641. The van der Waals surface area contributed by atoms with Crippen LogP contribution in [0.2, 0.25) is 0 Å². The summed E-state index contributed by atoms with van der Waals surface area (Å²) in [6, 6.07) is 191. The van der Waals surface area contributed by atoms with E-state index in [2.05, 4.69) is 310 Å². The largest absolute Gasteiger partial charge is 3.00 e. The molecule has 2 aliphatic heterocycles. The molecular weight excluding hydrogens is 2520 g/mol. The Balaban J connectivity index is 0.000000148. The van der Waals surface area contributed by atoms with E-state index in [1.807, 2.05) is 340 Å². The van der Waals surface area contributed by atoms with Crippen molar-refractivity contribution in [2.24, 2.45) is 5.92 Å². The fourth-order valence-electron chi connectivity index (χ4n) is 15.9. The molecule has 15 aromatic carbocycles. The van der Waals surface area contributed by atoms with Crippen LogP contribution < -0.4 is 14.4 Å². The molecule has 0 aliphatic carbocycles. The van der Waals surface area contributed by atoms with Crippen LogP contribution in [0.4, 0.5) is 11.4 Å². The number of anilines is 2. The smallest absolute Gasteiger partial charge is 0.500 e. The van der Waals surface area contributed by atoms with Crippen LogP contribution in [-0.4, -0.2) is 29.9 Å². The molecule has 13 heteroatoms. The number of nitrogens with zero attached hydrogens (tertiary/aromatic N) is 9. The average molecular weight is 2620 g/mol. The van der Waals surface area contributed by atoms with Gasteiger partial charge in [0.25, 0.3) is 0 Å². The second-order valence-electron chi connectivity index (χ2n) is 33.8. The molecule has 0 bridgehead atoms. The Morgan fingerprint density at radius 3 is 1.16 bits per heavy atom. The van der Waals surface area contributed by atoms with Gasteiger partial charge in [0, 0.05) is 106 Å². The summed E-state index contributed by atoms with van der Waals surface area (Å²) in [4.78, 5) is 30.5. The Morgan fingerprint density at radius 2 is 0.696 bits per heavy atom. The monoisotopic (exact) mass is 2620 g/mol. The van der Waals surface area contributed by atoms with Crippen LogP contribution in [0.25, 0.3) is 134 Å². The molecular formula is C135H106Ir4N9-3. The minimum Gasteiger partial charge on any atom is -0.500 e. The number of pyridine rings is 7. The van der Waals surface area contributed by atoms with Crippen molar-refractivity contribution in [3.05, 3.63) is 619 Å². The molecule has 0 unspecified atom stereocenters. The van der Waals surface area contributed by atoms with Gasteiger partial charge in [0.2, 0.25) is 5.69 Å². The number of rotatable bonds is 15. The molecule has 2 aliphatic rings. The Hall–Kier alpha value is -15.7. The predicted octanol–water partition coefficient (Wildman–Crippen LogP) is 32.1. The molecule has 0 atom stereocenters. The van der Waals surface area contributed by atoms with Gasteiger partial charge in [-0.2, -0.15) is 77.4 Å². The molecule has 0 amide bonds. The number of fused-ring (bicyclic) bond motifs is 3. The molecule has 22 aromatic rings. The maximum atomic E-state index is 4.65. The van der Waals surface area contributed by atoms with Crippen molar-refractivity contribution in [1.29, 1.82) is 0 Å². The van der Waals surface area contributed by atoms with Crippen LogP contribution in [0, 0.1) is 81.0 Å². The van der Waals surface area contributed by atoms with E-state index in [0.717, 1.165) is 114 Å². The average Bonchev–Trinajstić information content (AvgIpc) is 1.63. The predicted molar refractivity (Wildman–Crippen MR) is 592 cm³/mol. The van der Waals surface area contributed by atoms with Gasteiger partial charge in [-0.25, -0.2) is 11.1 Å². The number of aromatic nitrogens is 7. The number of hydrogen-bond acceptors (Lipinski definition) is 8. The van der Waals surface area contributed by atoms with E-state index < -0.39 is 0 Å². The topological polar surface area (TPSA) is 87.7 Å². The van der Waals surface area contributed by atoms with E-state index in [1.165, 1.54) is 66.9 Å². The van der Waals surface area contributed by atoms with Gasteiger partial charge in [0.1, 0.15) is 0 Å². The van der Waals surface area contributed by atoms with Crippen LogP contribution in [0.15, 0.2) is 535 Å². The van der Waals surface area contributed by atoms with Gasteiger partial charge >= 0.3 is 40.2 Å². The van der Waals surface area contributed by atoms with Gasteiger partial charge in [0.15, 0.2) is 12.7 Å². The Labute approximate surface area is 927 Å². The molecule has 0 N–H and O–H groups in total. The first-order valence-corrected chi connectivity index (χ1v) is 48.0. The van der Waals surface area contributed by atoms with Gasteiger partial charge < -0.3 is 39.7 Å². The number of hydrogen-bond donors (Lipinski definition) is 0. The van der Waals surface area contributed by atoms with Crippen molar-refractivity contribution < 1.29 is 85.0 Å². The fraction of sp³-hybridized carbons (Fsp3) is 0.0519. The summed E-state index contributed by atoms with van der Waals surface area (Å²) in [6.07, 6.45) is 16.5. The van der Waals surface area contributed by atoms with E-state index in [-0.39, 0.29) is 80.4 Å². The second kappa shape index (κ2) is 60.3. The quantitative estimate of drug-likeness (QED) is 0.0741. The van der Waals surface area contributed by atoms with Crippen molar-refractivity contribution in [1.82, 2.24) is 29.9 Å². The molecule has 730 valence electrons. The maximum absolute atomic E-state index is 4.65. The fourth-order valence-corrected chi connectivity index (χ4v) is 15.9. The van der Waals surface area contributed by atoms with Crippen LogP contribution in [0.3, 0.4) is 0 Å². The van der Waals surface area contributed by atoms with Crippen molar-refractivity contribution in [3.8, 4) is 134 Å². The number of aryl methyl sites for hydroxylation is 2. The zero-order valence-corrected chi connectivity index (χ0v) is 91.8. The molecule has 24 rings (SSSR count). The minimum atomic E-state index is 0. The van der Waals surface area contributed by atoms with Crippen LogP contribution >= 0.6 is 0 Å². The Morgan fingerprint density at radius 1 is 0.284 bits per heavy atom. The SMILES string of the molecule is CC(C)Cc1cccc(-c2[c-]cccc2)n1.Cc1cc(-c2[c-]cccc2)ncc1-c1ccccc1.Cc1ccccc1-c1ccc(-c2[c-]cccc2)nc1.[Ir+3].[Ir+3].[Ir].[Ir].[c-]1ccccc1-c1[c-]ccc(-c2ccccc2)c1.[c-]1ccccc1-c1ccccn1.[c-]1ccccc1-c1ccccn1.[c-]1ccccc1-c1ccccn1.[c-]1ccccc1N1C=CN(c2ccccc2)[CH-]1.c1ccc(-c2ccc3c(c2)-c2cccc[n+]2C3)cc1. The van der Waals surface area contributed by atoms with Gasteiger partial charge in [-0.15, -0.1) is 245 Å². The summed E-state index contributed by atoms with van der Waals surface area (Å²) < 4.78 is 2.30. The first kappa shape index (κ1) is 111. The zero-order valence-electron chi connectivity index (χ0n) is 82.2. The summed E-state index contributed by atoms with van der Waals surface area (Å²) >= 11 is 0. The molecule has 0 fully saturated rings. The molecule has 9 heterocycles. The van der Waals surface area contributed by atoms with Gasteiger partial charge in [-0.3, -0.25) is 0 Å². The molecule has 2 radical (unpaired) electrons. The third-order valence-electron chi connectivity index (χ3n) is 23.1. The summed E-state index contributed by atoms with van der Waals surface area (Å²) in [6.45, 7) is 11.7. The molecule has 0 saturated carbocycles. The third kappa shape index (κ3) is 33.4. The van der Waals surface area contributed by atoms with E-state index in [0.29, 0.717) is 5.92 Å². The first-order chi connectivity index (χ1) is 71.1. The van der Waals surface area contributed by atoms with E-state index >= 15 is 0 Å². The first-order valence-electron chi connectivity index (χ1n) is 48.0. The van der Waals surface area contributed by atoms with Crippen molar-refractivity contribution in [2.75, 3.05) is 9.80 Å². The summed E-state index contributed by atoms with van der Waals surface area (Å²) in [7, 11) is 0. The molecule has 7 aromatic heterocycles. The van der Waals surface area contributed by atoms with E-state index in [9.17, 15) is 0 Å². The van der Waals surface area contributed by atoms with Gasteiger partial charge in [-0.1, -0.05) is 226 Å². The second-order valence-corrected chi connectivity index (χ2v) is 33.8.